The molecular weight excluding hydrogens is 502 g/mol. The fourth-order valence-electron chi connectivity index (χ4n) is 6.97. The second-order valence-electron chi connectivity index (χ2n) is 10.3. The molecule has 1 heterocycles. The smallest absolute Gasteiger partial charge is 0.275 e. The number of benzene rings is 4. The number of hydrogen-bond acceptors (Lipinski definition) is 5. The van der Waals surface area contributed by atoms with E-state index in [2.05, 4.69) is 10.5 Å². The van der Waals surface area contributed by atoms with Gasteiger partial charge < -0.3 is 4.74 Å². The molecule has 0 saturated carbocycles. The topological polar surface area (TPSA) is 88.1 Å². The molecule has 4 aromatic rings. The summed E-state index contributed by atoms with van der Waals surface area (Å²) in [4.78, 5) is 42.9. The van der Waals surface area contributed by atoms with Crippen LogP contribution in [-0.4, -0.2) is 31.0 Å². The Morgan fingerprint density at radius 3 is 2.10 bits per heavy atom. The molecule has 196 valence electrons. The molecule has 1 aliphatic heterocycles. The lowest BCUT2D eigenvalue weighted by atomic mass is 9.47. The van der Waals surface area contributed by atoms with Gasteiger partial charge in [-0.3, -0.25) is 14.4 Å². The molecule has 2 bridgehead atoms. The fraction of sp³-hybridized carbons (Fsp3) is 0.152. The van der Waals surface area contributed by atoms with Gasteiger partial charge in [0, 0.05) is 12.1 Å². The molecule has 2 atom stereocenters. The van der Waals surface area contributed by atoms with Crippen molar-refractivity contribution in [2.24, 2.45) is 16.9 Å². The maximum Gasteiger partial charge on any atom is 0.275 e. The predicted molar refractivity (Wildman–Crippen MR) is 150 cm³/mol. The first-order valence-corrected chi connectivity index (χ1v) is 13.2. The van der Waals surface area contributed by atoms with Gasteiger partial charge in [0.15, 0.2) is 0 Å². The summed E-state index contributed by atoms with van der Waals surface area (Å²) in [6, 6.07) is 31.8. The van der Waals surface area contributed by atoms with E-state index >= 15 is 0 Å². The molecule has 0 unspecified atom stereocenters. The third-order valence-corrected chi connectivity index (χ3v) is 8.48. The van der Waals surface area contributed by atoms with Crippen LogP contribution in [0.4, 0.5) is 5.69 Å². The number of methoxy groups -OCH3 is 1. The lowest BCUT2D eigenvalue weighted by Crippen LogP contribution is -2.54. The summed E-state index contributed by atoms with van der Waals surface area (Å²) in [6.45, 7) is 0. The van der Waals surface area contributed by atoms with E-state index in [0.29, 0.717) is 17.0 Å². The molecule has 7 nitrogen and oxygen atoms in total. The first-order chi connectivity index (χ1) is 19.6. The van der Waals surface area contributed by atoms with Gasteiger partial charge >= 0.3 is 0 Å². The zero-order chi connectivity index (χ0) is 27.4. The molecule has 4 aromatic carbocycles. The lowest BCUT2D eigenvalue weighted by molar-refractivity contribution is -0.122. The number of carbonyl (C=O) groups is 3. The van der Waals surface area contributed by atoms with Crippen LogP contribution in [0.25, 0.3) is 0 Å². The van der Waals surface area contributed by atoms with Crippen LogP contribution in [0.3, 0.4) is 0 Å². The van der Waals surface area contributed by atoms with Crippen molar-refractivity contribution >= 4 is 29.6 Å². The van der Waals surface area contributed by atoms with Crippen LogP contribution in [0.5, 0.6) is 5.75 Å². The maximum atomic E-state index is 14.3. The number of amides is 3. The summed E-state index contributed by atoms with van der Waals surface area (Å²) in [6.07, 6.45) is 1.66. The molecule has 7 heteroatoms. The number of hydrogen-bond donors (Lipinski definition) is 1. The summed E-state index contributed by atoms with van der Waals surface area (Å²) in [5.74, 6) is -2.08. The molecule has 3 aliphatic carbocycles. The maximum absolute atomic E-state index is 14.3. The number of nitrogens with zero attached hydrogens (tertiary/aromatic N) is 2. The first kappa shape index (κ1) is 24.0. The van der Waals surface area contributed by atoms with Gasteiger partial charge in [0.1, 0.15) is 5.75 Å². The van der Waals surface area contributed by atoms with Gasteiger partial charge in [-0.25, -0.2) is 10.3 Å². The Hall–Kier alpha value is -5.04. The molecular formula is C33H25N3O4. The number of anilines is 1. The van der Waals surface area contributed by atoms with Crippen LogP contribution in [0, 0.1) is 11.8 Å². The Labute approximate surface area is 231 Å². The standard InChI is InChI=1S/C33H25N3O4/c1-40-26-18-10-7-15-23(26)30(37)35-34-19-33-24-16-8-5-13-21(24)27(22-14-6-9-17-25(22)33)28-29(33)32(39)36(31(28)38)20-11-3-2-4-12-20/h2-19,27-29H,1H3,(H,35,37)/b34-19-/t27?,28-,29+,33?/m0/s1. The average Bonchev–Trinajstić information content (AvgIpc) is 3.28. The van der Waals surface area contributed by atoms with Crippen molar-refractivity contribution in [3.05, 3.63) is 131 Å². The van der Waals surface area contributed by atoms with E-state index < -0.39 is 23.2 Å². The van der Waals surface area contributed by atoms with E-state index in [1.54, 1.807) is 42.6 Å². The quantitative estimate of drug-likeness (QED) is 0.232. The minimum absolute atomic E-state index is 0.217. The normalized spacial score (nSPS) is 24.0. The van der Waals surface area contributed by atoms with E-state index in [9.17, 15) is 14.4 Å². The van der Waals surface area contributed by atoms with Gasteiger partial charge in [-0.05, 0) is 46.5 Å². The largest absolute Gasteiger partial charge is 0.496 e. The van der Waals surface area contributed by atoms with Crippen molar-refractivity contribution in [2.75, 3.05) is 12.0 Å². The summed E-state index contributed by atoms with van der Waals surface area (Å²) in [7, 11) is 1.50. The Morgan fingerprint density at radius 2 is 1.43 bits per heavy atom. The summed E-state index contributed by atoms with van der Waals surface area (Å²) in [5, 5.41) is 4.47. The van der Waals surface area contributed by atoms with E-state index in [-0.39, 0.29) is 17.7 Å². The van der Waals surface area contributed by atoms with Crippen molar-refractivity contribution in [1.82, 2.24) is 5.43 Å². The summed E-state index contributed by atoms with van der Waals surface area (Å²) in [5.41, 5.74) is 6.33. The number of hydrazone groups is 1. The van der Waals surface area contributed by atoms with Crippen molar-refractivity contribution in [1.29, 1.82) is 0 Å². The SMILES string of the molecule is COc1ccccc1C(=O)N/N=C\C12c3ccccc3C(c3ccccc31)[C@@H]1C(=O)N(c3ccccc3)C(=O)[C@@H]12. The highest BCUT2D eigenvalue weighted by atomic mass is 16.5. The Bertz CT molecular complexity index is 1670. The van der Waals surface area contributed by atoms with E-state index in [4.69, 9.17) is 4.74 Å². The molecule has 40 heavy (non-hydrogen) atoms. The van der Waals surface area contributed by atoms with Crippen LogP contribution >= 0.6 is 0 Å². The fourth-order valence-corrected chi connectivity index (χ4v) is 6.97. The Kier molecular flexibility index (Phi) is 5.42. The Balaban J connectivity index is 1.40. The van der Waals surface area contributed by atoms with Gasteiger partial charge in [-0.15, -0.1) is 0 Å². The van der Waals surface area contributed by atoms with Gasteiger partial charge in [-0.2, -0.15) is 5.10 Å². The van der Waals surface area contributed by atoms with Crippen LogP contribution in [-0.2, 0) is 15.0 Å². The number of carbonyl (C=O) groups excluding carboxylic acids is 3. The zero-order valence-electron chi connectivity index (χ0n) is 21.7. The molecule has 3 amide bonds. The molecule has 0 radical (unpaired) electrons. The van der Waals surface area contributed by atoms with Crippen molar-refractivity contribution < 1.29 is 19.1 Å². The van der Waals surface area contributed by atoms with Gasteiger partial charge in [0.2, 0.25) is 11.8 Å². The van der Waals surface area contributed by atoms with Gasteiger partial charge in [-0.1, -0.05) is 78.9 Å². The molecule has 1 N–H and O–H groups in total. The molecule has 0 spiro atoms. The molecule has 1 fully saturated rings. The highest BCUT2D eigenvalue weighted by Crippen LogP contribution is 2.63. The second-order valence-corrected chi connectivity index (χ2v) is 10.3. The highest BCUT2D eigenvalue weighted by molar-refractivity contribution is 6.25. The van der Waals surface area contributed by atoms with Crippen LogP contribution in [0.15, 0.2) is 108 Å². The molecule has 1 saturated heterocycles. The number of nitrogens with one attached hydrogen (secondary N) is 1. The number of rotatable bonds is 5. The average molecular weight is 528 g/mol. The summed E-state index contributed by atoms with van der Waals surface area (Å²) < 4.78 is 5.34. The molecule has 0 aromatic heterocycles. The third kappa shape index (κ3) is 3.18. The van der Waals surface area contributed by atoms with Crippen molar-refractivity contribution in [2.45, 2.75) is 11.3 Å². The van der Waals surface area contributed by atoms with E-state index in [1.165, 1.54) is 12.0 Å². The van der Waals surface area contributed by atoms with Gasteiger partial charge in [0.05, 0.1) is 35.6 Å². The minimum atomic E-state index is -1.06. The molecule has 4 aliphatic rings. The number of ether oxygens (including phenoxy) is 1. The minimum Gasteiger partial charge on any atom is -0.496 e. The van der Waals surface area contributed by atoms with E-state index in [1.807, 2.05) is 66.7 Å². The third-order valence-electron chi connectivity index (χ3n) is 8.48. The zero-order valence-corrected chi connectivity index (χ0v) is 21.7. The highest BCUT2D eigenvalue weighted by Gasteiger charge is 2.68. The van der Waals surface area contributed by atoms with Crippen LogP contribution < -0.4 is 15.1 Å². The van der Waals surface area contributed by atoms with Crippen LogP contribution in [0.2, 0.25) is 0 Å². The van der Waals surface area contributed by atoms with Crippen molar-refractivity contribution in [3.63, 3.8) is 0 Å². The van der Waals surface area contributed by atoms with Crippen molar-refractivity contribution in [3.8, 4) is 5.75 Å². The van der Waals surface area contributed by atoms with Gasteiger partial charge in [0.25, 0.3) is 5.91 Å². The lowest BCUT2D eigenvalue weighted by Gasteiger charge is -2.52. The second kappa shape index (κ2) is 9.02. The van der Waals surface area contributed by atoms with E-state index in [0.717, 1.165) is 22.3 Å². The predicted octanol–water partition coefficient (Wildman–Crippen LogP) is 4.66. The number of imide groups is 1. The number of para-hydroxylation sites is 2. The monoisotopic (exact) mass is 527 g/mol. The van der Waals surface area contributed by atoms with Crippen LogP contribution in [0.1, 0.15) is 38.5 Å². The summed E-state index contributed by atoms with van der Waals surface area (Å²) >= 11 is 0. The first-order valence-electron chi connectivity index (χ1n) is 13.2. The molecule has 8 rings (SSSR count). The Morgan fingerprint density at radius 1 is 0.825 bits per heavy atom.